The van der Waals surface area contributed by atoms with Gasteiger partial charge in [0.05, 0.1) is 30.2 Å². The molecule has 2 aliphatic rings. The van der Waals surface area contributed by atoms with Crippen LogP contribution in [0.25, 0.3) is 10.8 Å². The van der Waals surface area contributed by atoms with Gasteiger partial charge in [0.1, 0.15) is 5.69 Å². The number of halogens is 2. The molecule has 9 nitrogen and oxygen atoms in total. The van der Waals surface area contributed by atoms with Crippen LogP contribution in [-0.2, 0) is 25.5 Å². The van der Waals surface area contributed by atoms with Crippen molar-refractivity contribution in [2.75, 3.05) is 19.0 Å². The second-order valence-corrected chi connectivity index (χ2v) is 11.2. The van der Waals surface area contributed by atoms with Crippen LogP contribution < -0.4 is 10.6 Å². The SMILES string of the molecule is COC(=O)C1CCC(NC(=O)[C@@]2(F)CCCN2C(=O)Cc2ccc(NC(=O)c3nccc4ccccc34)c(Cl)c2)CC1. The van der Waals surface area contributed by atoms with E-state index in [1.165, 1.54) is 7.11 Å². The zero-order chi connectivity index (χ0) is 29.9. The number of alkyl halides is 1. The number of carbonyl (C=O) groups is 4. The van der Waals surface area contributed by atoms with Crippen molar-refractivity contribution < 1.29 is 28.3 Å². The van der Waals surface area contributed by atoms with E-state index in [0.717, 1.165) is 10.3 Å². The third-order valence-corrected chi connectivity index (χ3v) is 8.40. The molecular formula is C31H32ClFN4O5. The molecule has 42 heavy (non-hydrogen) atoms. The third-order valence-electron chi connectivity index (χ3n) is 8.09. The molecule has 5 rings (SSSR count). The lowest BCUT2D eigenvalue weighted by molar-refractivity contribution is -0.156. The first kappa shape index (κ1) is 29.4. The van der Waals surface area contributed by atoms with Gasteiger partial charge in [0.2, 0.25) is 5.91 Å². The molecule has 1 saturated carbocycles. The fourth-order valence-electron chi connectivity index (χ4n) is 5.80. The number of pyridine rings is 1. The standard InChI is InChI=1S/C31H32ClFN4O5/c1-42-29(40)21-8-10-22(11-9-21)35-30(41)31(33)14-4-16-37(31)26(38)18-19-7-12-25(24(32)17-19)36-28(39)27-23-6-3-2-5-20(23)13-15-34-27/h2-3,5-7,12-13,15,17,21-22H,4,8-11,14,16,18H2,1H3,(H,35,41)(H,36,39)/t21?,22?,31-/m1/s1. The molecule has 1 aromatic heterocycles. The highest BCUT2D eigenvalue weighted by Crippen LogP contribution is 2.34. The van der Waals surface area contributed by atoms with Crippen LogP contribution in [0.5, 0.6) is 0 Å². The summed E-state index contributed by atoms with van der Waals surface area (Å²) < 4.78 is 20.8. The molecule has 2 heterocycles. The minimum absolute atomic E-state index is 0.0873. The molecule has 0 radical (unpaired) electrons. The molecule has 220 valence electrons. The number of hydrogen-bond donors (Lipinski definition) is 2. The first-order valence-electron chi connectivity index (χ1n) is 14.0. The van der Waals surface area contributed by atoms with Crippen LogP contribution in [0.15, 0.2) is 54.7 Å². The van der Waals surface area contributed by atoms with Gasteiger partial charge in [-0.1, -0.05) is 41.9 Å². The number of hydrogen-bond acceptors (Lipinski definition) is 6. The maximum atomic E-state index is 16.0. The summed E-state index contributed by atoms with van der Waals surface area (Å²) in [6, 6.07) is 13.7. The average molecular weight is 595 g/mol. The number of carbonyl (C=O) groups excluding carboxylic acids is 4. The van der Waals surface area contributed by atoms with Crippen molar-refractivity contribution >= 4 is 51.8 Å². The summed E-state index contributed by atoms with van der Waals surface area (Å²) in [5.74, 6) is -4.72. The Hall–Kier alpha value is -4.05. The molecule has 0 bridgehead atoms. The molecular weight excluding hydrogens is 563 g/mol. The number of ether oxygens (including phenoxy) is 1. The monoisotopic (exact) mass is 594 g/mol. The topological polar surface area (TPSA) is 118 Å². The zero-order valence-electron chi connectivity index (χ0n) is 23.2. The molecule has 2 aromatic carbocycles. The number of methoxy groups -OCH3 is 1. The van der Waals surface area contributed by atoms with Crippen LogP contribution in [0.1, 0.15) is 54.6 Å². The van der Waals surface area contributed by atoms with Crippen LogP contribution in [0.2, 0.25) is 5.02 Å². The van der Waals surface area contributed by atoms with E-state index >= 15 is 4.39 Å². The van der Waals surface area contributed by atoms with Crippen molar-refractivity contribution in [1.29, 1.82) is 0 Å². The van der Waals surface area contributed by atoms with Gasteiger partial charge in [-0.05, 0) is 61.3 Å². The molecule has 2 fully saturated rings. The highest BCUT2D eigenvalue weighted by Gasteiger charge is 2.51. The number of fused-ring (bicyclic) bond motifs is 1. The second kappa shape index (κ2) is 12.4. The Kier molecular flexibility index (Phi) is 8.72. The van der Waals surface area contributed by atoms with Crippen molar-refractivity contribution in [3.63, 3.8) is 0 Å². The summed E-state index contributed by atoms with van der Waals surface area (Å²) in [5.41, 5.74) is 1.11. The van der Waals surface area contributed by atoms with Crippen LogP contribution in [0.3, 0.4) is 0 Å². The summed E-state index contributed by atoms with van der Waals surface area (Å²) in [4.78, 5) is 56.2. The van der Waals surface area contributed by atoms with E-state index in [0.29, 0.717) is 48.7 Å². The van der Waals surface area contributed by atoms with Gasteiger partial charge in [-0.3, -0.25) is 24.2 Å². The lowest BCUT2D eigenvalue weighted by Crippen LogP contribution is -2.57. The van der Waals surface area contributed by atoms with Gasteiger partial charge in [-0.15, -0.1) is 0 Å². The summed E-state index contributed by atoms with van der Waals surface area (Å²) >= 11 is 6.45. The predicted molar refractivity (Wildman–Crippen MR) is 156 cm³/mol. The molecule has 2 N–H and O–H groups in total. The first-order valence-corrected chi connectivity index (χ1v) is 14.4. The molecule has 1 atom stereocenters. The lowest BCUT2D eigenvalue weighted by atomic mass is 9.86. The number of amides is 3. The highest BCUT2D eigenvalue weighted by atomic mass is 35.5. The molecule has 1 aliphatic carbocycles. The van der Waals surface area contributed by atoms with Crippen molar-refractivity contribution in [3.8, 4) is 0 Å². The lowest BCUT2D eigenvalue weighted by Gasteiger charge is -2.33. The molecule has 1 saturated heterocycles. The number of nitrogens with one attached hydrogen (secondary N) is 2. The van der Waals surface area contributed by atoms with Crippen molar-refractivity contribution in [1.82, 2.24) is 15.2 Å². The van der Waals surface area contributed by atoms with E-state index in [4.69, 9.17) is 16.3 Å². The normalized spacial score (nSPS) is 22.0. The number of benzene rings is 2. The maximum absolute atomic E-state index is 16.0. The van der Waals surface area contributed by atoms with Crippen LogP contribution >= 0.6 is 11.6 Å². The Morgan fingerprint density at radius 2 is 1.86 bits per heavy atom. The Morgan fingerprint density at radius 1 is 1.10 bits per heavy atom. The summed E-state index contributed by atoms with van der Waals surface area (Å²) in [7, 11) is 1.35. The molecule has 3 aromatic rings. The fraction of sp³-hybridized carbons (Fsp3) is 0.387. The largest absolute Gasteiger partial charge is 0.469 e. The van der Waals surface area contributed by atoms with Gasteiger partial charge in [0, 0.05) is 30.6 Å². The smallest absolute Gasteiger partial charge is 0.308 e. The van der Waals surface area contributed by atoms with E-state index in [1.807, 2.05) is 30.3 Å². The number of esters is 1. The quantitative estimate of drug-likeness (QED) is 0.299. The molecule has 11 heteroatoms. The predicted octanol–water partition coefficient (Wildman–Crippen LogP) is 4.82. The van der Waals surface area contributed by atoms with Crippen LogP contribution in [0.4, 0.5) is 10.1 Å². The van der Waals surface area contributed by atoms with E-state index < -0.39 is 23.5 Å². The molecule has 1 aliphatic heterocycles. The minimum atomic E-state index is -2.44. The van der Waals surface area contributed by atoms with Crippen molar-refractivity contribution in [2.45, 2.75) is 56.8 Å². The Morgan fingerprint density at radius 3 is 2.60 bits per heavy atom. The third kappa shape index (κ3) is 6.09. The zero-order valence-corrected chi connectivity index (χ0v) is 24.0. The second-order valence-electron chi connectivity index (χ2n) is 10.8. The first-order chi connectivity index (χ1) is 20.2. The number of nitrogens with zero attached hydrogens (tertiary/aromatic N) is 2. The summed E-state index contributed by atoms with van der Waals surface area (Å²) in [6.07, 6.45) is 3.84. The van der Waals surface area contributed by atoms with Crippen LogP contribution in [-0.4, -0.2) is 59.1 Å². The van der Waals surface area contributed by atoms with E-state index in [1.54, 1.807) is 24.4 Å². The Balaban J connectivity index is 1.21. The van der Waals surface area contributed by atoms with Gasteiger partial charge in [0.15, 0.2) is 0 Å². The fourth-order valence-corrected chi connectivity index (χ4v) is 6.05. The van der Waals surface area contributed by atoms with E-state index in [9.17, 15) is 19.2 Å². The number of anilines is 1. The Labute approximate surface area is 247 Å². The van der Waals surface area contributed by atoms with Gasteiger partial charge in [0.25, 0.3) is 17.6 Å². The van der Waals surface area contributed by atoms with Crippen molar-refractivity contribution in [2.24, 2.45) is 5.92 Å². The summed E-state index contributed by atoms with van der Waals surface area (Å²) in [5, 5.41) is 7.32. The number of aromatic nitrogens is 1. The molecule has 0 spiro atoms. The van der Waals surface area contributed by atoms with Crippen LogP contribution in [0, 0.1) is 5.92 Å². The van der Waals surface area contributed by atoms with Gasteiger partial charge < -0.3 is 20.3 Å². The summed E-state index contributed by atoms with van der Waals surface area (Å²) in [6.45, 7) is 0.123. The number of likely N-dealkylation sites (tertiary alicyclic amines) is 1. The van der Waals surface area contributed by atoms with E-state index in [2.05, 4.69) is 15.6 Å². The van der Waals surface area contributed by atoms with Crippen molar-refractivity contribution in [3.05, 3.63) is 71.0 Å². The highest BCUT2D eigenvalue weighted by molar-refractivity contribution is 6.34. The molecule has 0 unspecified atom stereocenters. The Bertz CT molecular complexity index is 1520. The maximum Gasteiger partial charge on any atom is 0.308 e. The van der Waals surface area contributed by atoms with Gasteiger partial charge in [-0.25, -0.2) is 4.39 Å². The van der Waals surface area contributed by atoms with Gasteiger partial charge in [-0.2, -0.15) is 0 Å². The van der Waals surface area contributed by atoms with Gasteiger partial charge >= 0.3 is 5.97 Å². The minimum Gasteiger partial charge on any atom is -0.469 e. The number of rotatable bonds is 7. The molecule has 3 amide bonds. The van der Waals surface area contributed by atoms with E-state index in [-0.39, 0.29) is 48.0 Å². The average Bonchev–Trinajstić information content (AvgIpc) is 3.41.